The maximum absolute atomic E-state index is 14.1. The van der Waals surface area contributed by atoms with Crippen molar-refractivity contribution in [3.8, 4) is 0 Å². The molecule has 0 spiro atoms. The van der Waals surface area contributed by atoms with E-state index in [-0.39, 0.29) is 28.4 Å². The van der Waals surface area contributed by atoms with Gasteiger partial charge in [0.15, 0.2) is 17.2 Å². The predicted octanol–water partition coefficient (Wildman–Crippen LogP) is 3.93. The summed E-state index contributed by atoms with van der Waals surface area (Å²) in [5.74, 6) is -1.20. The molecule has 2 saturated carbocycles. The monoisotopic (exact) mass is 582 g/mol. The Hall–Kier alpha value is -4.17. The molecule has 2 fully saturated rings. The maximum atomic E-state index is 14.1. The number of imidazole rings is 1. The van der Waals surface area contributed by atoms with E-state index in [2.05, 4.69) is 35.7 Å². The molecule has 3 aromatic heterocycles. The minimum absolute atomic E-state index is 0.00244. The van der Waals surface area contributed by atoms with Crippen LogP contribution in [0.15, 0.2) is 59.9 Å². The molecule has 2 aliphatic carbocycles. The molecular weight excluding hydrogens is 554 g/mol. The van der Waals surface area contributed by atoms with Gasteiger partial charge in [0.05, 0.1) is 28.7 Å². The molecule has 4 N–H and O–H groups in total. The summed E-state index contributed by atoms with van der Waals surface area (Å²) in [7, 11) is -3.75. The van der Waals surface area contributed by atoms with E-state index in [4.69, 9.17) is 0 Å². The molecule has 2 aliphatic rings. The summed E-state index contributed by atoms with van der Waals surface area (Å²) < 4.78 is 56.9. The molecule has 0 bridgehead atoms. The van der Waals surface area contributed by atoms with Gasteiger partial charge in [-0.05, 0) is 68.9 Å². The van der Waals surface area contributed by atoms with Gasteiger partial charge in [0.25, 0.3) is 5.91 Å². The first kappa shape index (κ1) is 27.0. The van der Waals surface area contributed by atoms with Crippen LogP contribution in [-0.4, -0.2) is 52.0 Å². The number of nitrogens with one attached hydrogen (secondary N) is 4. The van der Waals surface area contributed by atoms with Gasteiger partial charge in [0.2, 0.25) is 10.0 Å². The van der Waals surface area contributed by atoms with Crippen molar-refractivity contribution in [2.45, 2.75) is 61.5 Å². The van der Waals surface area contributed by atoms with Crippen LogP contribution in [0.1, 0.15) is 49.0 Å². The molecule has 0 aliphatic heterocycles. The number of amides is 1. The number of carbonyl (C=O) groups is 1. The Morgan fingerprint density at radius 1 is 0.878 bits per heavy atom. The molecule has 6 rings (SSSR count). The third kappa shape index (κ3) is 6.12. The van der Waals surface area contributed by atoms with Crippen LogP contribution in [0.5, 0.6) is 0 Å². The molecule has 1 aromatic carbocycles. The fourth-order valence-corrected chi connectivity index (χ4v) is 6.18. The lowest BCUT2D eigenvalue weighted by Crippen LogP contribution is -2.40. The van der Waals surface area contributed by atoms with Gasteiger partial charge < -0.3 is 16.0 Å². The van der Waals surface area contributed by atoms with Crippen LogP contribution in [0.4, 0.5) is 26.0 Å². The van der Waals surface area contributed by atoms with E-state index in [0.717, 1.165) is 36.9 Å². The Kier molecular flexibility index (Phi) is 7.26. The average molecular weight is 583 g/mol. The summed E-state index contributed by atoms with van der Waals surface area (Å²) in [5.41, 5.74) is 1.33. The first-order valence-electron chi connectivity index (χ1n) is 13.4. The second kappa shape index (κ2) is 11.0. The van der Waals surface area contributed by atoms with Crippen molar-refractivity contribution in [1.82, 2.24) is 24.3 Å². The first-order valence-corrected chi connectivity index (χ1v) is 14.8. The first-order chi connectivity index (χ1) is 19.7. The van der Waals surface area contributed by atoms with Crippen LogP contribution in [0.2, 0.25) is 0 Å². The van der Waals surface area contributed by atoms with E-state index >= 15 is 0 Å². The van der Waals surface area contributed by atoms with Gasteiger partial charge in [-0.25, -0.2) is 31.4 Å². The van der Waals surface area contributed by atoms with Crippen molar-refractivity contribution >= 4 is 38.8 Å². The maximum Gasteiger partial charge on any atom is 0.276 e. The summed E-state index contributed by atoms with van der Waals surface area (Å²) in [4.78, 5) is 21.2. The van der Waals surface area contributed by atoms with Crippen molar-refractivity contribution in [3.63, 3.8) is 0 Å². The Labute approximate surface area is 234 Å². The summed E-state index contributed by atoms with van der Waals surface area (Å²) in [6.45, 7) is 0. The van der Waals surface area contributed by atoms with Crippen LogP contribution < -0.4 is 20.7 Å². The van der Waals surface area contributed by atoms with Gasteiger partial charge in [-0.15, -0.1) is 5.10 Å². The molecule has 1 amide bonds. The topological polar surface area (TPSA) is 142 Å². The molecule has 4 aromatic rings. The van der Waals surface area contributed by atoms with Crippen molar-refractivity contribution < 1.29 is 22.0 Å². The largest absolute Gasteiger partial charge is 0.379 e. The van der Waals surface area contributed by atoms with E-state index < -0.39 is 27.6 Å². The minimum atomic E-state index is -3.75. The predicted molar refractivity (Wildman–Crippen MR) is 148 cm³/mol. The second-order valence-electron chi connectivity index (χ2n) is 10.3. The molecule has 214 valence electrons. The number of benzene rings is 1. The number of aromatic nitrogens is 4. The highest BCUT2D eigenvalue weighted by atomic mass is 32.2. The standard InChI is InChI=1S/C27H28F2N8O3S/c28-16-1-9-20(10-2-16)41(39,40)36-19-7-5-18(6-8-19)33-25-13-23(32-17-3-4-17)26-31-15-24(37(26)35-25)27(38)34-22-11-12-30-14-21(22)29/h1-2,9-15,17-19,32,36H,3-8H2,(H,33,35)(H,30,34,38). The zero-order chi connectivity index (χ0) is 28.6. The lowest BCUT2D eigenvalue weighted by Gasteiger charge is -2.30. The van der Waals surface area contributed by atoms with E-state index in [0.29, 0.717) is 43.2 Å². The number of hydrogen-bond donors (Lipinski definition) is 4. The van der Waals surface area contributed by atoms with E-state index in [9.17, 15) is 22.0 Å². The van der Waals surface area contributed by atoms with Gasteiger partial charge in [0.1, 0.15) is 11.6 Å². The molecule has 0 atom stereocenters. The molecular formula is C27H28F2N8O3S. The number of carbonyl (C=O) groups excluding carboxylic acids is 1. The smallest absolute Gasteiger partial charge is 0.276 e. The summed E-state index contributed by atoms with van der Waals surface area (Å²) >= 11 is 0. The zero-order valence-corrected chi connectivity index (χ0v) is 22.7. The van der Waals surface area contributed by atoms with Crippen LogP contribution in [0.25, 0.3) is 5.65 Å². The highest BCUT2D eigenvalue weighted by Crippen LogP contribution is 2.30. The summed E-state index contributed by atoms with van der Waals surface area (Å²) in [6.07, 6.45) is 8.43. The number of rotatable bonds is 9. The highest BCUT2D eigenvalue weighted by molar-refractivity contribution is 7.89. The number of anilines is 3. The average Bonchev–Trinajstić information content (AvgIpc) is 3.66. The van der Waals surface area contributed by atoms with Gasteiger partial charge >= 0.3 is 0 Å². The number of sulfonamides is 1. The fraction of sp³-hybridized carbons (Fsp3) is 0.333. The molecule has 14 heteroatoms. The molecule has 0 radical (unpaired) electrons. The Morgan fingerprint density at radius 3 is 2.27 bits per heavy atom. The van der Waals surface area contributed by atoms with Crippen LogP contribution in [-0.2, 0) is 10.0 Å². The summed E-state index contributed by atoms with van der Waals surface area (Å²) in [6, 6.07) is 8.06. The third-order valence-corrected chi connectivity index (χ3v) is 8.72. The molecule has 3 heterocycles. The Balaban J connectivity index is 1.16. The van der Waals surface area contributed by atoms with Gasteiger partial charge in [-0.1, -0.05) is 0 Å². The van der Waals surface area contributed by atoms with Crippen LogP contribution >= 0.6 is 0 Å². The Morgan fingerprint density at radius 2 is 1.56 bits per heavy atom. The minimum Gasteiger partial charge on any atom is -0.379 e. The third-order valence-electron chi connectivity index (χ3n) is 7.18. The second-order valence-corrected chi connectivity index (χ2v) is 12.0. The molecule has 41 heavy (non-hydrogen) atoms. The lowest BCUT2D eigenvalue weighted by molar-refractivity contribution is 0.102. The number of nitrogens with zero attached hydrogens (tertiary/aromatic N) is 4. The van der Waals surface area contributed by atoms with Crippen molar-refractivity contribution in [3.05, 3.63) is 72.3 Å². The number of pyridine rings is 1. The quantitative estimate of drug-likeness (QED) is 0.233. The molecule has 0 unspecified atom stereocenters. The number of hydrogen-bond acceptors (Lipinski definition) is 8. The van der Waals surface area contributed by atoms with Gasteiger partial charge in [-0.2, -0.15) is 0 Å². The van der Waals surface area contributed by atoms with Crippen molar-refractivity contribution in [2.24, 2.45) is 0 Å². The zero-order valence-electron chi connectivity index (χ0n) is 21.8. The van der Waals surface area contributed by atoms with E-state index in [1.54, 1.807) is 0 Å². The number of fused-ring (bicyclic) bond motifs is 1. The van der Waals surface area contributed by atoms with Crippen LogP contribution in [0.3, 0.4) is 0 Å². The molecule has 11 nitrogen and oxygen atoms in total. The van der Waals surface area contributed by atoms with Gasteiger partial charge in [0, 0.05) is 30.4 Å². The Bertz CT molecular complexity index is 1680. The SMILES string of the molecule is O=C(Nc1ccncc1F)c1cnc2c(NC3CC3)cc(NC3CCC(NS(=O)(=O)c4ccc(F)cc4)CC3)nn12. The highest BCUT2D eigenvalue weighted by Gasteiger charge is 2.28. The van der Waals surface area contributed by atoms with Crippen molar-refractivity contribution in [2.75, 3.05) is 16.0 Å². The number of halogens is 2. The van der Waals surface area contributed by atoms with Gasteiger partial charge in [-0.3, -0.25) is 9.78 Å². The van der Waals surface area contributed by atoms with Crippen LogP contribution in [0, 0.1) is 11.6 Å². The van der Waals surface area contributed by atoms with Crippen molar-refractivity contribution in [1.29, 1.82) is 0 Å². The molecule has 0 saturated heterocycles. The fourth-order valence-electron chi connectivity index (χ4n) is 4.88. The summed E-state index contributed by atoms with van der Waals surface area (Å²) in [5, 5.41) is 14.0. The lowest BCUT2D eigenvalue weighted by atomic mass is 9.92. The van der Waals surface area contributed by atoms with E-state index in [1.165, 1.54) is 35.1 Å². The van der Waals surface area contributed by atoms with E-state index in [1.807, 2.05) is 6.07 Å². The normalized spacial score (nSPS) is 19.2.